The molecule has 0 aliphatic rings. The first-order valence-corrected chi connectivity index (χ1v) is 10.8. The molecule has 0 bridgehead atoms. The summed E-state index contributed by atoms with van der Waals surface area (Å²) in [6, 6.07) is 14.6. The lowest BCUT2D eigenvalue weighted by Crippen LogP contribution is -2.12. The molecular weight excluding hydrogens is 468 g/mol. The number of aromatic nitrogens is 2. The molecule has 0 atom stereocenters. The number of aryl methyl sites for hydroxylation is 1. The number of hydrogen-bond acceptors (Lipinski definition) is 4. The van der Waals surface area contributed by atoms with E-state index in [1.165, 1.54) is 12.1 Å². The van der Waals surface area contributed by atoms with Crippen molar-refractivity contribution in [3.63, 3.8) is 0 Å². The van der Waals surface area contributed by atoms with Gasteiger partial charge in [-0.05, 0) is 61.9 Å². The molecular formula is C24H20Cl2FN3O3. The maximum atomic E-state index is 13.2. The van der Waals surface area contributed by atoms with Crippen LogP contribution in [0, 0.1) is 19.7 Å². The SMILES string of the molecule is Cc1nn(Cc2cccc(Cl)c2)c(C)c1NC(=O)c1ccc(COc2ccc(F)cc2Cl)o1. The predicted molar refractivity (Wildman–Crippen MR) is 125 cm³/mol. The zero-order chi connectivity index (χ0) is 23.5. The highest BCUT2D eigenvalue weighted by Crippen LogP contribution is 2.26. The molecule has 2 aromatic carbocycles. The topological polar surface area (TPSA) is 69.3 Å². The van der Waals surface area contributed by atoms with Crippen molar-refractivity contribution in [2.75, 3.05) is 5.32 Å². The monoisotopic (exact) mass is 487 g/mol. The highest BCUT2D eigenvalue weighted by molar-refractivity contribution is 6.32. The smallest absolute Gasteiger partial charge is 0.291 e. The Morgan fingerprint density at radius 3 is 2.73 bits per heavy atom. The van der Waals surface area contributed by atoms with Crippen molar-refractivity contribution in [1.29, 1.82) is 0 Å². The van der Waals surface area contributed by atoms with Crippen LogP contribution in [0.5, 0.6) is 5.75 Å². The Balaban J connectivity index is 1.42. The zero-order valence-corrected chi connectivity index (χ0v) is 19.4. The van der Waals surface area contributed by atoms with Crippen LogP contribution in [0.15, 0.2) is 59.0 Å². The van der Waals surface area contributed by atoms with Crippen LogP contribution in [0.4, 0.5) is 10.1 Å². The van der Waals surface area contributed by atoms with Crippen LogP contribution >= 0.6 is 23.2 Å². The normalized spacial score (nSPS) is 10.9. The molecule has 9 heteroatoms. The number of nitrogens with one attached hydrogen (secondary N) is 1. The average Bonchev–Trinajstić information content (AvgIpc) is 3.34. The number of ether oxygens (including phenoxy) is 1. The summed E-state index contributed by atoms with van der Waals surface area (Å²) in [4.78, 5) is 12.7. The molecule has 0 fully saturated rings. The van der Waals surface area contributed by atoms with Crippen molar-refractivity contribution in [2.24, 2.45) is 0 Å². The molecule has 0 saturated heterocycles. The van der Waals surface area contributed by atoms with E-state index >= 15 is 0 Å². The molecule has 0 unspecified atom stereocenters. The Bertz CT molecular complexity index is 1320. The zero-order valence-electron chi connectivity index (χ0n) is 17.9. The molecule has 0 aliphatic carbocycles. The molecule has 2 aromatic heterocycles. The van der Waals surface area contributed by atoms with E-state index in [1.54, 1.807) is 12.1 Å². The third-order valence-corrected chi connectivity index (χ3v) is 5.52. The van der Waals surface area contributed by atoms with Gasteiger partial charge < -0.3 is 14.5 Å². The van der Waals surface area contributed by atoms with Crippen LogP contribution in [0.1, 0.15) is 33.3 Å². The van der Waals surface area contributed by atoms with Crippen molar-refractivity contribution < 1.29 is 18.3 Å². The van der Waals surface area contributed by atoms with Crippen molar-refractivity contribution in [2.45, 2.75) is 27.0 Å². The molecule has 2 heterocycles. The summed E-state index contributed by atoms with van der Waals surface area (Å²) in [5.74, 6) is 0.00465. The summed E-state index contributed by atoms with van der Waals surface area (Å²) >= 11 is 12.0. The highest BCUT2D eigenvalue weighted by Gasteiger charge is 2.18. The fraction of sp³-hybridized carbons (Fsp3) is 0.167. The quantitative estimate of drug-likeness (QED) is 0.326. The number of amides is 1. The molecule has 170 valence electrons. The number of benzene rings is 2. The number of nitrogens with zero attached hydrogens (tertiary/aromatic N) is 2. The molecule has 4 rings (SSSR count). The van der Waals surface area contributed by atoms with Gasteiger partial charge in [-0.25, -0.2) is 4.39 Å². The molecule has 0 aliphatic heterocycles. The van der Waals surface area contributed by atoms with E-state index in [-0.39, 0.29) is 17.4 Å². The van der Waals surface area contributed by atoms with Gasteiger partial charge in [0.05, 0.1) is 28.6 Å². The Hall–Kier alpha value is -3.29. The third-order valence-electron chi connectivity index (χ3n) is 4.99. The molecule has 0 radical (unpaired) electrons. The first-order chi connectivity index (χ1) is 15.8. The Morgan fingerprint density at radius 1 is 1.15 bits per heavy atom. The number of carbonyl (C=O) groups excluding carboxylic acids is 1. The fourth-order valence-corrected chi connectivity index (χ4v) is 3.77. The van der Waals surface area contributed by atoms with E-state index in [9.17, 15) is 9.18 Å². The van der Waals surface area contributed by atoms with Gasteiger partial charge in [0, 0.05) is 5.02 Å². The van der Waals surface area contributed by atoms with Crippen LogP contribution in [-0.4, -0.2) is 15.7 Å². The second kappa shape index (κ2) is 9.68. The molecule has 0 spiro atoms. The predicted octanol–water partition coefficient (Wildman–Crippen LogP) is 6.42. The van der Waals surface area contributed by atoms with Crippen molar-refractivity contribution in [3.8, 4) is 5.75 Å². The van der Waals surface area contributed by atoms with E-state index in [2.05, 4.69) is 10.4 Å². The van der Waals surface area contributed by atoms with Gasteiger partial charge >= 0.3 is 0 Å². The number of hydrogen-bond donors (Lipinski definition) is 1. The number of anilines is 1. The van der Waals surface area contributed by atoms with Crippen molar-refractivity contribution in [1.82, 2.24) is 9.78 Å². The Labute approximate surface area is 199 Å². The number of furan rings is 1. The molecule has 1 amide bonds. The maximum absolute atomic E-state index is 13.2. The molecule has 33 heavy (non-hydrogen) atoms. The number of halogens is 3. The van der Waals surface area contributed by atoms with E-state index in [4.69, 9.17) is 32.4 Å². The van der Waals surface area contributed by atoms with Gasteiger partial charge in [0.15, 0.2) is 5.76 Å². The number of rotatable bonds is 7. The molecule has 1 N–H and O–H groups in total. The van der Waals surface area contributed by atoms with Crippen LogP contribution in [0.25, 0.3) is 0 Å². The second-order valence-corrected chi connectivity index (χ2v) is 8.26. The van der Waals surface area contributed by atoms with Gasteiger partial charge in [-0.1, -0.05) is 35.3 Å². The summed E-state index contributed by atoms with van der Waals surface area (Å²) in [6.07, 6.45) is 0. The highest BCUT2D eigenvalue weighted by atomic mass is 35.5. The standard InChI is InChI=1S/C24H20Cl2FN3O3/c1-14-23(15(2)30(29-14)12-16-4-3-5-17(25)10-16)28-24(31)22-9-7-19(33-22)13-32-21-8-6-18(27)11-20(21)26/h3-11H,12-13H2,1-2H3,(H,28,31). The summed E-state index contributed by atoms with van der Waals surface area (Å²) in [7, 11) is 0. The summed E-state index contributed by atoms with van der Waals surface area (Å²) in [5.41, 5.74) is 3.11. The van der Waals surface area contributed by atoms with Gasteiger partial charge in [0.25, 0.3) is 5.91 Å². The number of carbonyl (C=O) groups is 1. The molecule has 4 aromatic rings. The van der Waals surface area contributed by atoms with E-state index in [0.717, 1.165) is 17.3 Å². The van der Waals surface area contributed by atoms with Crippen LogP contribution in [0.3, 0.4) is 0 Å². The van der Waals surface area contributed by atoms with Gasteiger partial charge in [-0.2, -0.15) is 5.10 Å². The van der Waals surface area contributed by atoms with Crippen molar-refractivity contribution in [3.05, 3.63) is 98.9 Å². The van der Waals surface area contributed by atoms with Crippen LogP contribution in [-0.2, 0) is 13.2 Å². The Morgan fingerprint density at radius 2 is 1.97 bits per heavy atom. The first-order valence-electron chi connectivity index (χ1n) is 10.1. The lowest BCUT2D eigenvalue weighted by atomic mass is 10.2. The summed E-state index contributed by atoms with van der Waals surface area (Å²) < 4.78 is 26.1. The lowest BCUT2D eigenvalue weighted by molar-refractivity contribution is 0.0992. The van der Waals surface area contributed by atoms with Crippen LogP contribution in [0.2, 0.25) is 10.0 Å². The van der Waals surface area contributed by atoms with E-state index in [0.29, 0.717) is 34.5 Å². The minimum Gasteiger partial charge on any atom is -0.484 e. The first kappa shape index (κ1) is 22.9. The fourth-order valence-electron chi connectivity index (χ4n) is 3.33. The summed E-state index contributed by atoms with van der Waals surface area (Å²) in [6.45, 7) is 4.27. The van der Waals surface area contributed by atoms with Gasteiger partial charge in [0.2, 0.25) is 0 Å². The largest absolute Gasteiger partial charge is 0.484 e. The van der Waals surface area contributed by atoms with Crippen molar-refractivity contribution >= 4 is 34.8 Å². The minimum absolute atomic E-state index is 0.0360. The maximum Gasteiger partial charge on any atom is 0.291 e. The van der Waals surface area contributed by atoms with Gasteiger partial charge in [0.1, 0.15) is 23.9 Å². The average molecular weight is 488 g/mol. The van der Waals surface area contributed by atoms with Crippen LogP contribution < -0.4 is 10.1 Å². The summed E-state index contributed by atoms with van der Waals surface area (Å²) in [5, 5.41) is 8.21. The molecule has 0 saturated carbocycles. The van der Waals surface area contributed by atoms with E-state index in [1.807, 2.05) is 42.8 Å². The van der Waals surface area contributed by atoms with Gasteiger partial charge in [-0.3, -0.25) is 9.48 Å². The van der Waals surface area contributed by atoms with Gasteiger partial charge in [-0.15, -0.1) is 0 Å². The third kappa shape index (κ3) is 5.38. The second-order valence-electron chi connectivity index (χ2n) is 7.42. The molecule has 6 nitrogen and oxygen atoms in total. The Kier molecular flexibility index (Phi) is 6.72. The van der Waals surface area contributed by atoms with E-state index < -0.39 is 11.7 Å². The lowest BCUT2D eigenvalue weighted by Gasteiger charge is -2.07. The minimum atomic E-state index is -0.453.